The molecule has 0 unspecified atom stereocenters. The van der Waals surface area contributed by atoms with E-state index in [-0.39, 0.29) is 12.5 Å². The van der Waals surface area contributed by atoms with Crippen molar-refractivity contribution in [2.75, 3.05) is 6.79 Å². The van der Waals surface area contributed by atoms with Gasteiger partial charge in [0.25, 0.3) is 0 Å². The number of aromatic hydroxyl groups is 1. The van der Waals surface area contributed by atoms with Gasteiger partial charge in [0.05, 0.1) is 0 Å². The van der Waals surface area contributed by atoms with Gasteiger partial charge in [-0.2, -0.15) is 0 Å². The third-order valence-electron chi connectivity index (χ3n) is 2.05. The van der Waals surface area contributed by atoms with Crippen LogP contribution in [0.15, 0.2) is 6.07 Å². The van der Waals surface area contributed by atoms with Crippen LogP contribution in [-0.2, 0) is 0 Å². The Labute approximate surface area is 70.5 Å². The van der Waals surface area contributed by atoms with Crippen LogP contribution in [0, 0.1) is 13.8 Å². The van der Waals surface area contributed by atoms with Gasteiger partial charge in [-0.05, 0) is 25.5 Å². The normalized spacial score (nSPS) is 13.5. The monoisotopic (exact) mass is 166 g/mol. The Morgan fingerprint density at radius 2 is 1.92 bits per heavy atom. The van der Waals surface area contributed by atoms with Gasteiger partial charge in [-0.25, -0.2) is 0 Å². The summed E-state index contributed by atoms with van der Waals surface area (Å²) in [6.45, 7) is 3.94. The first kappa shape index (κ1) is 7.28. The summed E-state index contributed by atoms with van der Waals surface area (Å²) >= 11 is 0. The number of rotatable bonds is 0. The van der Waals surface area contributed by atoms with Gasteiger partial charge in [-0.15, -0.1) is 0 Å². The van der Waals surface area contributed by atoms with Crippen molar-refractivity contribution in [1.82, 2.24) is 0 Å². The minimum Gasteiger partial charge on any atom is -0.508 e. The lowest BCUT2D eigenvalue weighted by Crippen LogP contribution is -1.93. The molecule has 1 aliphatic rings. The van der Waals surface area contributed by atoms with Crippen molar-refractivity contribution < 1.29 is 14.6 Å². The molecule has 3 heteroatoms. The van der Waals surface area contributed by atoms with Crippen LogP contribution in [-0.4, -0.2) is 11.9 Å². The fraction of sp³-hybridized carbons (Fsp3) is 0.333. The molecule has 0 aromatic heterocycles. The molecule has 0 amide bonds. The van der Waals surface area contributed by atoms with E-state index in [1.807, 2.05) is 13.8 Å². The van der Waals surface area contributed by atoms with Crippen LogP contribution in [0.25, 0.3) is 0 Å². The maximum absolute atomic E-state index is 9.43. The molecule has 2 rings (SSSR count). The minimum atomic E-state index is 0.250. The number of benzene rings is 1. The molecule has 1 aliphatic heterocycles. The highest BCUT2D eigenvalue weighted by Gasteiger charge is 2.20. The highest BCUT2D eigenvalue weighted by Crippen LogP contribution is 2.42. The van der Waals surface area contributed by atoms with E-state index in [0.717, 1.165) is 16.9 Å². The zero-order valence-electron chi connectivity index (χ0n) is 7.05. The molecule has 1 N–H and O–H groups in total. The Kier molecular flexibility index (Phi) is 1.40. The van der Waals surface area contributed by atoms with E-state index >= 15 is 0 Å². The van der Waals surface area contributed by atoms with E-state index in [1.165, 1.54) is 0 Å². The van der Waals surface area contributed by atoms with E-state index in [1.54, 1.807) is 6.07 Å². The SMILES string of the molecule is Cc1cc(O)c(C)c2c1OCO2. The minimum absolute atomic E-state index is 0.250. The molecule has 0 bridgehead atoms. The lowest BCUT2D eigenvalue weighted by atomic mass is 10.1. The molecule has 0 atom stereocenters. The predicted octanol–water partition coefficient (Wildman–Crippen LogP) is 1.74. The maximum Gasteiger partial charge on any atom is 0.231 e. The lowest BCUT2D eigenvalue weighted by molar-refractivity contribution is 0.173. The summed E-state index contributed by atoms with van der Waals surface area (Å²) in [5.74, 6) is 1.69. The Balaban J connectivity index is 2.69. The number of phenolic OH excluding ortho intramolecular Hbond substituents is 1. The average Bonchev–Trinajstić information content (AvgIpc) is 2.48. The third kappa shape index (κ3) is 0.826. The maximum atomic E-state index is 9.43. The first-order valence-corrected chi connectivity index (χ1v) is 3.79. The van der Waals surface area contributed by atoms with Crippen LogP contribution < -0.4 is 9.47 Å². The van der Waals surface area contributed by atoms with Crippen LogP contribution in [0.4, 0.5) is 0 Å². The second kappa shape index (κ2) is 2.30. The average molecular weight is 166 g/mol. The van der Waals surface area contributed by atoms with Crippen molar-refractivity contribution in [2.24, 2.45) is 0 Å². The quantitative estimate of drug-likeness (QED) is 0.638. The van der Waals surface area contributed by atoms with Crippen molar-refractivity contribution in [3.8, 4) is 17.2 Å². The van der Waals surface area contributed by atoms with E-state index in [0.29, 0.717) is 5.75 Å². The molecule has 0 saturated carbocycles. The van der Waals surface area contributed by atoms with Crippen LogP contribution in [0.1, 0.15) is 11.1 Å². The summed E-state index contributed by atoms with van der Waals surface area (Å²) in [5, 5.41) is 9.43. The summed E-state index contributed by atoms with van der Waals surface area (Å²) in [6, 6.07) is 1.68. The Bertz CT molecular complexity index is 331. The molecule has 0 spiro atoms. The first-order chi connectivity index (χ1) is 5.70. The largest absolute Gasteiger partial charge is 0.508 e. The summed E-state index contributed by atoms with van der Waals surface area (Å²) in [6.07, 6.45) is 0. The Morgan fingerprint density at radius 3 is 2.67 bits per heavy atom. The molecule has 1 aromatic carbocycles. The Hall–Kier alpha value is -1.38. The number of aryl methyl sites for hydroxylation is 1. The van der Waals surface area contributed by atoms with Gasteiger partial charge in [0, 0.05) is 5.56 Å². The standard InChI is InChI=1S/C9H10O3/c1-5-3-7(10)6(2)9-8(5)11-4-12-9/h3,10H,4H2,1-2H3. The number of ether oxygens (including phenoxy) is 2. The predicted molar refractivity (Wildman–Crippen MR) is 43.7 cm³/mol. The molecule has 64 valence electrons. The molecular formula is C9H10O3. The fourth-order valence-electron chi connectivity index (χ4n) is 1.35. The van der Waals surface area contributed by atoms with Crippen molar-refractivity contribution in [3.05, 3.63) is 17.2 Å². The second-order valence-electron chi connectivity index (χ2n) is 2.90. The van der Waals surface area contributed by atoms with Gasteiger partial charge in [0.1, 0.15) is 5.75 Å². The van der Waals surface area contributed by atoms with Gasteiger partial charge in [0.2, 0.25) is 6.79 Å². The van der Waals surface area contributed by atoms with E-state index in [2.05, 4.69) is 0 Å². The lowest BCUT2D eigenvalue weighted by Gasteiger charge is -2.05. The Morgan fingerprint density at radius 1 is 1.25 bits per heavy atom. The van der Waals surface area contributed by atoms with E-state index in [9.17, 15) is 5.11 Å². The third-order valence-corrected chi connectivity index (χ3v) is 2.05. The molecule has 3 nitrogen and oxygen atoms in total. The van der Waals surface area contributed by atoms with Gasteiger partial charge >= 0.3 is 0 Å². The van der Waals surface area contributed by atoms with Crippen LogP contribution in [0.2, 0.25) is 0 Å². The number of phenols is 1. The molecule has 0 aliphatic carbocycles. The summed E-state index contributed by atoms with van der Waals surface area (Å²) in [5.41, 5.74) is 1.65. The zero-order chi connectivity index (χ0) is 8.72. The molecule has 0 radical (unpaired) electrons. The van der Waals surface area contributed by atoms with E-state index < -0.39 is 0 Å². The van der Waals surface area contributed by atoms with Crippen molar-refractivity contribution in [1.29, 1.82) is 0 Å². The van der Waals surface area contributed by atoms with Gasteiger partial charge in [-0.3, -0.25) is 0 Å². The molecule has 1 heterocycles. The van der Waals surface area contributed by atoms with Crippen LogP contribution in [0.3, 0.4) is 0 Å². The topological polar surface area (TPSA) is 38.7 Å². The van der Waals surface area contributed by atoms with Gasteiger partial charge < -0.3 is 14.6 Å². The van der Waals surface area contributed by atoms with Gasteiger partial charge in [-0.1, -0.05) is 0 Å². The van der Waals surface area contributed by atoms with E-state index in [4.69, 9.17) is 9.47 Å². The summed E-state index contributed by atoms with van der Waals surface area (Å²) < 4.78 is 10.4. The summed E-state index contributed by atoms with van der Waals surface area (Å²) in [7, 11) is 0. The highest BCUT2D eigenvalue weighted by atomic mass is 16.7. The number of fused-ring (bicyclic) bond motifs is 1. The molecule has 0 saturated heterocycles. The highest BCUT2D eigenvalue weighted by molar-refractivity contribution is 5.57. The number of hydrogen-bond acceptors (Lipinski definition) is 3. The van der Waals surface area contributed by atoms with Crippen LogP contribution in [0.5, 0.6) is 17.2 Å². The smallest absolute Gasteiger partial charge is 0.231 e. The van der Waals surface area contributed by atoms with Crippen molar-refractivity contribution in [3.63, 3.8) is 0 Å². The fourth-order valence-corrected chi connectivity index (χ4v) is 1.35. The molecule has 0 fully saturated rings. The van der Waals surface area contributed by atoms with Crippen LogP contribution >= 0.6 is 0 Å². The molecule has 12 heavy (non-hydrogen) atoms. The first-order valence-electron chi connectivity index (χ1n) is 3.79. The second-order valence-corrected chi connectivity index (χ2v) is 2.90. The molecular weight excluding hydrogens is 156 g/mol. The van der Waals surface area contributed by atoms with Crippen molar-refractivity contribution in [2.45, 2.75) is 13.8 Å². The number of hydrogen-bond donors (Lipinski definition) is 1. The summed E-state index contributed by atoms with van der Waals surface area (Å²) in [4.78, 5) is 0. The molecule has 1 aromatic rings. The van der Waals surface area contributed by atoms with Crippen molar-refractivity contribution >= 4 is 0 Å². The van der Waals surface area contributed by atoms with Gasteiger partial charge in [0.15, 0.2) is 11.5 Å². The zero-order valence-corrected chi connectivity index (χ0v) is 7.05.